The second kappa shape index (κ2) is 9.74. The summed E-state index contributed by atoms with van der Waals surface area (Å²) in [5.41, 5.74) is 7.58. The number of para-hydroxylation sites is 1. The largest absolute Gasteiger partial charge is 0.496 e. The van der Waals surface area contributed by atoms with Gasteiger partial charge in [-0.15, -0.1) is 0 Å². The minimum absolute atomic E-state index is 0.127. The van der Waals surface area contributed by atoms with E-state index < -0.39 is 6.09 Å². The van der Waals surface area contributed by atoms with E-state index in [1.807, 2.05) is 36.4 Å². The van der Waals surface area contributed by atoms with E-state index in [9.17, 15) is 4.79 Å². The predicted octanol–water partition coefficient (Wildman–Crippen LogP) is 6.64. The third-order valence-electron chi connectivity index (χ3n) is 6.01. The van der Waals surface area contributed by atoms with Gasteiger partial charge in [-0.05, 0) is 61.7 Å². The highest BCUT2D eigenvalue weighted by Gasteiger charge is 2.26. The number of amides is 1. The van der Waals surface area contributed by atoms with E-state index in [2.05, 4.69) is 55.7 Å². The van der Waals surface area contributed by atoms with Crippen molar-refractivity contribution < 1.29 is 14.3 Å². The van der Waals surface area contributed by atoms with Crippen molar-refractivity contribution in [3.8, 4) is 22.6 Å². The monoisotopic (exact) mass is 471 g/mol. The van der Waals surface area contributed by atoms with Gasteiger partial charge in [0.25, 0.3) is 0 Å². The quantitative estimate of drug-likeness (QED) is 0.422. The lowest BCUT2D eigenvalue weighted by Gasteiger charge is -2.33. The van der Waals surface area contributed by atoms with Gasteiger partial charge in [0.05, 0.1) is 12.6 Å². The molecule has 0 unspecified atom stereocenters. The molecule has 182 valence electrons. The smallest absolute Gasteiger partial charge is 0.414 e. The van der Waals surface area contributed by atoms with Crippen molar-refractivity contribution in [3.05, 3.63) is 77.9 Å². The first-order valence-corrected chi connectivity index (χ1v) is 11.7. The third kappa shape index (κ3) is 5.27. The van der Waals surface area contributed by atoms with Crippen LogP contribution in [-0.2, 0) is 6.54 Å². The average molecular weight is 472 g/mol. The van der Waals surface area contributed by atoms with Gasteiger partial charge in [0.1, 0.15) is 11.5 Å². The highest BCUT2D eigenvalue weighted by molar-refractivity contribution is 5.88. The third-order valence-corrected chi connectivity index (χ3v) is 6.01. The SMILES string of the molecule is COc1ccccc1-c1ccc2c(c1CNc1cccc(OC(=O)N(C)C)c1)C(C)=CC(C)(C)N2. The highest BCUT2D eigenvalue weighted by Crippen LogP contribution is 2.42. The van der Waals surface area contributed by atoms with Crippen molar-refractivity contribution in [2.75, 3.05) is 31.8 Å². The summed E-state index contributed by atoms with van der Waals surface area (Å²) >= 11 is 0. The number of nitrogens with zero attached hydrogens (tertiary/aromatic N) is 1. The zero-order valence-corrected chi connectivity index (χ0v) is 21.2. The van der Waals surface area contributed by atoms with Crippen LogP contribution in [0, 0.1) is 0 Å². The molecule has 6 heteroatoms. The number of methoxy groups -OCH3 is 1. The van der Waals surface area contributed by atoms with Gasteiger partial charge in [-0.1, -0.05) is 36.4 Å². The van der Waals surface area contributed by atoms with Gasteiger partial charge >= 0.3 is 6.09 Å². The Labute approximate surface area is 207 Å². The van der Waals surface area contributed by atoms with Crippen LogP contribution < -0.4 is 20.1 Å². The number of allylic oxidation sites excluding steroid dienone is 1. The van der Waals surface area contributed by atoms with E-state index in [-0.39, 0.29) is 5.54 Å². The Hall–Kier alpha value is -3.93. The molecule has 0 atom stereocenters. The van der Waals surface area contributed by atoms with Gasteiger partial charge < -0.3 is 25.0 Å². The van der Waals surface area contributed by atoms with Crippen molar-refractivity contribution in [3.63, 3.8) is 0 Å². The molecule has 2 N–H and O–H groups in total. The number of hydrogen-bond donors (Lipinski definition) is 2. The van der Waals surface area contributed by atoms with Gasteiger partial charge in [-0.3, -0.25) is 0 Å². The van der Waals surface area contributed by atoms with E-state index >= 15 is 0 Å². The van der Waals surface area contributed by atoms with Crippen LogP contribution in [0.2, 0.25) is 0 Å². The summed E-state index contributed by atoms with van der Waals surface area (Å²) in [6.07, 6.45) is 1.86. The first-order chi connectivity index (χ1) is 16.7. The molecule has 0 radical (unpaired) electrons. The van der Waals surface area contributed by atoms with Crippen molar-refractivity contribution in [2.24, 2.45) is 0 Å². The van der Waals surface area contributed by atoms with E-state index in [4.69, 9.17) is 9.47 Å². The van der Waals surface area contributed by atoms with Crippen LogP contribution in [0.15, 0.2) is 66.7 Å². The molecular weight excluding hydrogens is 438 g/mol. The van der Waals surface area contributed by atoms with Crippen molar-refractivity contribution in [1.29, 1.82) is 0 Å². The fourth-order valence-corrected chi connectivity index (χ4v) is 4.55. The number of rotatable bonds is 6. The molecule has 4 rings (SSSR count). The molecule has 0 aliphatic carbocycles. The Balaban J connectivity index is 1.74. The normalized spacial score (nSPS) is 13.7. The molecule has 3 aromatic rings. The Bertz CT molecular complexity index is 1280. The van der Waals surface area contributed by atoms with E-state index in [1.165, 1.54) is 21.6 Å². The second-order valence-corrected chi connectivity index (χ2v) is 9.53. The molecule has 1 aliphatic heterocycles. The van der Waals surface area contributed by atoms with Crippen LogP contribution in [-0.4, -0.2) is 37.7 Å². The predicted molar refractivity (Wildman–Crippen MR) is 143 cm³/mol. The number of hydrogen-bond acceptors (Lipinski definition) is 5. The van der Waals surface area contributed by atoms with Gasteiger partial charge in [0, 0.05) is 49.2 Å². The van der Waals surface area contributed by atoms with Crippen molar-refractivity contribution in [1.82, 2.24) is 4.90 Å². The molecule has 0 fully saturated rings. The Morgan fingerprint density at radius 3 is 2.54 bits per heavy atom. The maximum absolute atomic E-state index is 12.0. The second-order valence-electron chi connectivity index (χ2n) is 9.53. The van der Waals surface area contributed by atoms with Gasteiger partial charge in [0.2, 0.25) is 0 Å². The van der Waals surface area contributed by atoms with E-state index in [0.717, 1.165) is 28.3 Å². The first kappa shape index (κ1) is 24.2. The lowest BCUT2D eigenvalue weighted by atomic mass is 9.85. The molecule has 0 bridgehead atoms. The number of carbonyl (C=O) groups is 1. The lowest BCUT2D eigenvalue weighted by Crippen LogP contribution is -2.32. The molecule has 1 heterocycles. The molecule has 3 aromatic carbocycles. The maximum atomic E-state index is 12.0. The summed E-state index contributed by atoms with van der Waals surface area (Å²) in [5.74, 6) is 1.32. The Morgan fingerprint density at radius 2 is 1.80 bits per heavy atom. The summed E-state index contributed by atoms with van der Waals surface area (Å²) < 4.78 is 11.1. The molecule has 1 aliphatic rings. The van der Waals surface area contributed by atoms with Crippen LogP contribution in [0.4, 0.5) is 16.2 Å². The fraction of sp³-hybridized carbons (Fsp3) is 0.276. The minimum atomic E-state index is -0.410. The molecule has 6 nitrogen and oxygen atoms in total. The number of benzene rings is 3. The molecule has 1 amide bonds. The van der Waals surface area contributed by atoms with Gasteiger partial charge in [-0.2, -0.15) is 0 Å². The number of nitrogens with one attached hydrogen (secondary N) is 2. The Kier molecular flexibility index (Phi) is 6.74. The summed E-state index contributed by atoms with van der Waals surface area (Å²) in [4.78, 5) is 13.4. The minimum Gasteiger partial charge on any atom is -0.496 e. The summed E-state index contributed by atoms with van der Waals surface area (Å²) in [6, 6.07) is 19.8. The zero-order valence-electron chi connectivity index (χ0n) is 21.2. The number of fused-ring (bicyclic) bond motifs is 1. The topological polar surface area (TPSA) is 62.8 Å². The standard InChI is InChI=1S/C29H33N3O3/c1-19-17-29(2,3)31-25-15-14-22(23-12-7-8-13-26(23)34-6)24(27(19)25)18-30-20-10-9-11-21(16-20)35-28(33)32(4)5/h7-17,30-31H,18H2,1-6H3. The first-order valence-electron chi connectivity index (χ1n) is 11.7. The summed E-state index contributed by atoms with van der Waals surface area (Å²) in [6.45, 7) is 7.09. The number of anilines is 2. The number of ether oxygens (including phenoxy) is 2. The molecule has 35 heavy (non-hydrogen) atoms. The van der Waals surface area contributed by atoms with Crippen LogP contribution in [0.3, 0.4) is 0 Å². The molecule has 0 spiro atoms. The molecular formula is C29H33N3O3. The van der Waals surface area contributed by atoms with Crippen LogP contribution >= 0.6 is 0 Å². The van der Waals surface area contributed by atoms with Crippen LogP contribution in [0.1, 0.15) is 31.9 Å². The maximum Gasteiger partial charge on any atom is 0.414 e. The van der Waals surface area contributed by atoms with Crippen molar-refractivity contribution >= 4 is 23.0 Å². The van der Waals surface area contributed by atoms with Crippen molar-refractivity contribution in [2.45, 2.75) is 32.9 Å². The van der Waals surface area contributed by atoms with Crippen LogP contribution in [0.5, 0.6) is 11.5 Å². The zero-order chi connectivity index (χ0) is 25.2. The van der Waals surface area contributed by atoms with E-state index in [0.29, 0.717) is 12.3 Å². The van der Waals surface area contributed by atoms with Gasteiger partial charge in [-0.25, -0.2) is 4.79 Å². The highest BCUT2D eigenvalue weighted by atomic mass is 16.6. The van der Waals surface area contributed by atoms with Gasteiger partial charge in [0.15, 0.2) is 0 Å². The molecule has 0 aromatic heterocycles. The summed E-state index contributed by atoms with van der Waals surface area (Å²) in [7, 11) is 5.02. The fourth-order valence-electron chi connectivity index (χ4n) is 4.55. The summed E-state index contributed by atoms with van der Waals surface area (Å²) in [5, 5.41) is 7.20. The van der Waals surface area contributed by atoms with Crippen LogP contribution in [0.25, 0.3) is 16.7 Å². The lowest BCUT2D eigenvalue weighted by molar-refractivity contribution is 0.172. The van der Waals surface area contributed by atoms with E-state index in [1.54, 1.807) is 27.3 Å². The average Bonchev–Trinajstić information content (AvgIpc) is 2.81. The molecule has 0 saturated heterocycles. The Morgan fingerprint density at radius 1 is 1.03 bits per heavy atom. The molecule has 0 saturated carbocycles. The number of carbonyl (C=O) groups excluding carboxylic acids is 1.